The monoisotopic (exact) mass is 399 g/mol. The number of rotatable bonds is 7. The lowest BCUT2D eigenvalue weighted by atomic mass is 9.94. The molecule has 0 bridgehead atoms. The van der Waals surface area contributed by atoms with E-state index in [1.807, 2.05) is 0 Å². The van der Waals surface area contributed by atoms with E-state index in [-0.39, 0.29) is 17.0 Å². The van der Waals surface area contributed by atoms with Gasteiger partial charge in [0.15, 0.2) is 0 Å². The molecule has 1 aromatic carbocycles. The largest absolute Gasteiger partial charge is 0.598 e. The van der Waals surface area contributed by atoms with Crippen LogP contribution in [0, 0.1) is 27.3 Å². The molecule has 0 spiro atoms. The van der Waals surface area contributed by atoms with Crippen molar-refractivity contribution < 1.29 is 13.9 Å². The van der Waals surface area contributed by atoms with Crippen LogP contribution in [0.3, 0.4) is 0 Å². The molecule has 26 heavy (non-hydrogen) atoms. The summed E-state index contributed by atoms with van der Waals surface area (Å²) in [5.41, 5.74) is -1.29. The summed E-state index contributed by atoms with van der Waals surface area (Å²) in [4.78, 5) is 10.5. The molecule has 142 valence electrons. The number of non-ortho nitro benzene ring substituents is 1. The molecule has 1 aliphatic rings. The molecule has 0 heterocycles. The summed E-state index contributed by atoms with van der Waals surface area (Å²) in [5, 5.41) is 20.4. The van der Waals surface area contributed by atoms with Crippen molar-refractivity contribution in [2.45, 2.75) is 55.6 Å². The molecule has 1 aliphatic carbocycles. The average molecular weight is 400 g/mol. The molecule has 0 aromatic heterocycles. The summed E-state index contributed by atoms with van der Waals surface area (Å²) in [6.07, 6.45) is 1.51. The highest BCUT2D eigenvalue weighted by molar-refractivity contribution is 8.01. The molecule has 1 N–H and O–H groups in total. The summed E-state index contributed by atoms with van der Waals surface area (Å²) >= 11 is -0.153. The van der Waals surface area contributed by atoms with Crippen molar-refractivity contribution in [3.8, 4) is 6.07 Å². The third kappa shape index (κ3) is 4.68. The number of nitrogens with zero attached hydrogens (tertiary/aromatic N) is 2. The first kappa shape index (κ1) is 21.0. The van der Waals surface area contributed by atoms with Gasteiger partial charge >= 0.3 is 0 Å². The van der Waals surface area contributed by atoms with Gasteiger partial charge in [-0.25, -0.2) is 4.39 Å². The Morgan fingerprint density at radius 1 is 1.42 bits per heavy atom. The molecular formula is C17H22FN3O3S2. The van der Waals surface area contributed by atoms with Gasteiger partial charge in [-0.1, -0.05) is 0 Å². The molecule has 0 unspecified atom stereocenters. The minimum atomic E-state index is -1.53. The molecule has 1 fully saturated rings. The fraction of sp³-hybridized carbons (Fsp3) is 0.588. The molecule has 1 saturated carbocycles. The van der Waals surface area contributed by atoms with Crippen LogP contribution in [-0.2, 0) is 16.9 Å². The van der Waals surface area contributed by atoms with Gasteiger partial charge in [0.2, 0.25) is 0 Å². The maximum absolute atomic E-state index is 14.6. The fourth-order valence-electron chi connectivity index (χ4n) is 2.25. The Morgan fingerprint density at radius 2 is 2.04 bits per heavy atom. The van der Waals surface area contributed by atoms with E-state index in [1.54, 1.807) is 27.7 Å². The van der Waals surface area contributed by atoms with Gasteiger partial charge in [-0.2, -0.15) is 5.26 Å². The molecule has 2 atom stereocenters. The molecule has 0 saturated heterocycles. The van der Waals surface area contributed by atoms with Crippen molar-refractivity contribution in [2.24, 2.45) is 0 Å². The number of nitro groups is 1. The number of hydrogen-bond donors (Lipinski definition) is 1. The number of nitriles is 1. The average Bonchev–Trinajstić information content (AvgIpc) is 3.33. The second-order valence-electron chi connectivity index (χ2n) is 7.63. The third-order valence-electron chi connectivity index (χ3n) is 4.17. The van der Waals surface area contributed by atoms with Crippen LogP contribution in [0.5, 0.6) is 0 Å². The Bertz CT molecular complexity index is 744. The quantitative estimate of drug-likeness (QED) is 0.425. The first-order valence-electron chi connectivity index (χ1n) is 8.12. The molecular weight excluding hydrogens is 377 g/mol. The Morgan fingerprint density at radius 3 is 2.50 bits per heavy atom. The Labute approximate surface area is 160 Å². The second-order valence-corrected chi connectivity index (χ2v) is 11.0. The van der Waals surface area contributed by atoms with Crippen LogP contribution in [0.25, 0.3) is 0 Å². The SMILES string of the molecule is CC(C)(C)[S@@+]([O-])N[C@](C)(CSC1(C#N)CC1)c1cc([N+](=O)[O-])ccc1F. The van der Waals surface area contributed by atoms with Crippen molar-refractivity contribution in [1.29, 1.82) is 5.26 Å². The highest BCUT2D eigenvalue weighted by Crippen LogP contribution is 2.50. The van der Waals surface area contributed by atoms with Crippen LogP contribution in [0.15, 0.2) is 18.2 Å². The molecule has 0 radical (unpaired) electrons. The number of hydrogen-bond acceptors (Lipinski definition) is 6. The molecule has 1 aromatic rings. The van der Waals surface area contributed by atoms with Gasteiger partial charge in [-0.05, 0) is 46.6 Å². The number of nitro benzene ring substituents is 1. The van der Waals surface area contributed by atoms with Gasteiger partial charge in [0.05, 0.1) is 16.5 Å². The zero-order valence-electron chi connectivity index (χ0n) is 15.2. The van der Waals surface area contributed by atoms with Crippen LogP contribution in [0.1, 0.15) is 46.1 Å². The van der Waals surface area contributed by atoms with E-state index in [1.165, 1.54) is 17.8 Å². The summed E-state index contributed by atoms with van der Waals surface area (Å²) in [6, 6.07) is 5.59. The van der Waals surface area contributed by atoms with E-state index in [9.17, 15) is 24.3 Å². The lowest BCUT2D eigenvalue weighted by molar-refractivity contribution is -0.385. The molecule has 9 heteroatoms. The predicted molar refractivity (Wildman–Crippen MR) is 101 cm³/mol. The summed E-state index contributed by atoms with van der Waals surface area (Å²) in [6.45, 7) is 7.01. The smallest absolute Gasteiger partial charge is 0.269 e. The second kappa shape index (κ2) is 7.35. The van der Waals surface area contributed by atoms with Gasteiger partial charge in [0.1, 0.15) is 15.3 Å². The van der Waals surface area contributed by atoms with E-state index >= 15 is 0 Å². The highest BCUT2D eigenvalue weighted by atomic mass is 32.2. The third-order valence-corrected chi connectivity index (χ3v) is 7.70. The van der Waals surface area contributed by atoms with Crippen LogP contribution < -0.4 is 4.72 Å². The highest BCUT2D eigenvalue weighted by Gasteiger charge is 2.47. The zero-order chi connectivity index (χ0) is 19.8. The van der Waals surface area contributed by atoms with E-state index in [0.29, 0.717) is 0 Å². The first-order chi connectivity index (χ1) is 11.9. The number of thioether (sulfide) groups is 1. The number of nitrogens with one attached hydrogen (secondary N) is 1. The lowest BCUT2D eigenvalue weighted by Gasteiger charge is -2.35. The van der Waals surface area contributed by atoms with E-state index < -0.39 is 37.1 Å². The maximum Gasteiger partial charge on any atom is 0.269 e. The standard InChI is InChI=1S/C17H22FN3O3S2/c1-15(2,3)26(24)20-16(4,11-25-17(10-19)7-8-17)13-9-12(21(22)23)5-6-14(13)18/h5-6,9,20H,7-8,11H2,1-4H3/t16-,26-/m1/s1. The number of halogens is 1. The maximum atomic E-state index is 14.6. The van der Waals surface area contributed by atoms with Gasteiger partial charge in [-0.3, -0.25) is 10.1 Å². The molecule has 0 amide bonds. The minimum Gasteiger partial charge on any atom is -0.598 e. The first-order valence-corrected chi connectivity index (χ1v) is 10.3. The van der Waals surface area contributed by atoms with Gasteiger partial charge in [0.25, 0.3) is 5.69 Å². The Kier molecular flexibility index (Phi) is 5.93. The summed E-state index contributed by atoms with van der Waals surface area (Å²) < 4.78 is 29.1. The van der Waals surface area contributed by atoms with Crippen LogP contribution in [0.2, 0.25) is 0 Å². The van der Waals surface area contributed by atoms with Crippen molar-refractivity contribution in [3.05, 3.63) is 39.7 Å². The minimum absolute atomic E-state index is 0.0746. The van der Waals surface area contributed by atoms with Gasteiger partial charge in [0, 0.05) is 34.8 Å². The van der Waals surface area contributed by atoms with Crippen LogP contribution in [0.4, 0.5) is 10.1 Å². The number of benzene rings is 1. The van der Waals surface area contributed by atoms with Gasteiger partial charge in [-0.15, -0.1) is 16.5 Å². The molecule has 0 aliphatic heterocycles. The van der Waals surface area contributed by atoms with E-state index in [2.05, 4.69) is 10.8 Å². The Balaban J connectivity index is 2.41. The summed E-state index contributed by atoms with van der Waals surface area (Å²) in [7, 11) is 0. The Hall–Kier alpha value is -1.34. The normalized spacial score (nSPS) is 19.3. The molecule has 2 rings (SSSR count). The van der Waals surface area contributed by atoms with Crippen molar-refractivity contribution in [2.75, 3.05) is 5.75 Å². The van der Waals surface area contributed by atoms with Crippen LogP contribution in [-0.4, -0.2) is 24.7 Å². The summed E-state index contributed by atoms with van der Waals surface area (Å²) in [5.74, 6) is -0.348. The topological polar surface area (TPSA) is 102 Å². The van der Waals surface area contributed by atoms with Crippen LogP contribution >= 0.6 is 11.8 Å². The van der Waals surface area contributed by atoms with Gasteiger partial charge < -0.3 is 4.55 Å². The predicted octanol–water partition coefficient (Wildman–Crippen LogP) is 3.79. The van der Waals surface area contributed by atoms with E-state index in [0.717, 1.165) is 25.0 Å². The van der Waals surface area contributed by atoms with Crippen molar-refractivity contribution in [3.63, 3.8) is 0 Å². The van der Waals surface area contributed by atoms with Crippen molar-refractivity contribution >= 4 is 28.8 Å². The fourth-order valence-corrected chi connectivity index (χ4v) is 4.49. The molecule has 6 nitrogen and oxygen atoms in total. The zero-order valence-corrected chi connectivity index (χ0v) is 16.8. The lowest BCUT2D eigenvalue weighted by Crippen LogP contribution is -2.52. The van der Waals surface area contributed by atoms with Crippen molar-refractivity contribution in [1.82, 2.24) is 4.72 Å². The van der Waals surface area contributed by atoms with E-state index in [4.69, 9.17) is 0 Å².